The van der Waals surface area contributed by atoms with E-state index in [9.17, 15) is 9.90 Å². The van der Waals surface area contributed by atoms with Crippen molar-refractivity contribution in [2.45, 2.75) is 25.5 Å². The molecule has 4 heteroatoms. The van der Waals surface area contributed by atoms with Gasteiger partial charge in [0.1, 0.15) is 0 Å². The van der Waals surface area contributed by atoms with Gasteiger partial charge in [-0.2, -0.15) is 0 Å². The summed E-state index contributed by atoms with van der Waals surface area (Å²) < 4.78 is 0. The minimum Gasteiger partial charge on any atom is -0.481 e. The van der Waals surface area contributed by atoms with Crippen molar-refractivity contribution in [2.75, 3.05) is 0 Å². The predicted octanol–water partition coefficient (Wildman–Crippen LogP) is 0.830. The highest BCUT2D eigenvalue weighted by molar-refractivity contribution is 5.67. The van der Waals surface area contributed by atoms with E-state index in [2.05, 4.69) is 0 Å². The summed E-state index contributed by atoms with van der Waals surface area (Å²) in [5, 5.41) is 18.4. The van der Waals surface area contributed by atoms with E-state index in [-0.39, 0.29) is 6.42 Å². The molecule has 0 saturated carbocycles. The summed E-state index contributed by atoms with van der Waals surface area (Å²) in [6, 6.07) is 6.48. The first-order valence-corrected chi connectivity index (χ1v) is 4.73. The lowest BCUT2D eigenvalue weighted by Gasteiger charge is -2.19. The Kier molecular flexibility index (Phi) is 3.82. The van der Waals surface area contributed by atoms with Crippen molar-refractivity contribution in [1.29, 1.82) is 0 Å². The fourth-order valence-electron chi connectivity index (χ4n) is 1.46. The van der Waals surface area contributed by atoms with E-state index >= 15 is 0 Å². The number of carbonyl (C=O) groups is 1. The van der Waals surface area contributed by atoms with Gasteiger partial charge in [-0.05, 0) is 18.1 Å². The Morgan fingerprint density at radius 1 is 1.47 bits per heavy atom. The monoisotopic (exact) mass is 209 g/mol. The Morgan fingerprint density at radius 2 is 2.07 bits per heavy atom. The number of rotatable bonds is 4. The fourth-order valence-corrected chi connectivity index (χ4v) is 1.46. The van der Waals surface area contributed by atoms with Crippen molar-refractivity contribution in [3.05, 3.63) is 35.4 Å². The lowest BCUT2D eigenvalue weighted by molar-refractivity contribution is -0.138. The molecule has 0 bridgehead atoms. The van der Waals surface area contributed by atoms with Crippen LogP contribution in [-0.2, 0) is 4.79 Å². The summed E-state index contributed by atoms with van der Waals surface area (Å²) in [7, 11) is 0. The zero-order valence-corrected chi connectivity index (χ0v) is 8.55. The van der Waals surface area contributed by atoms with Gasteiger partial charge in [-0.1, -0.05) is 24.3 Å². The Labute approximate surface area is 88.3 Å². The highest BCUT2D eigenvalue weighted by Gasteiger charge is 2.20. The molecular formula is C11H15NO3. The van der Waals surface area contributed by atoms with Crippen LogP contribution in [-0.4, -0.2) is 22.2 Å². The minimum atomic E-state index is -1.00. The summed E-state index contributed by atoms with van der Waals surface area (Å²) in [4.78, 5) is 10.4. The summed E-state index contributed by atoms with van der Waals surface area (Å²) in [6.45, 7) is 1.85. The molecule has 1 rings (SSSR count). The van der Waals surface area contributed by atoms with Crippen molar-refractivity contribution in [2.24, 2.45) is 5.73 Å². The summed E-state index contributed by atoms with van der Waals surface area (Å²) in [5.74, 6) is -1.00. The minimum absolute atomic E-state index is 0.241. The van der Waals surface area contributed by atoms with Crippen molar-refractivity contribution in [3.8, 4) is 0 Å². The van der Waals surface area contributed by atoms with E-state index in [4.69, 9.17) is 10.8 Å². The Morgan fingerprint density at radius 3 is 2.60 bits per heavy atom. The SMILES string of the molecule is Cc1ccccc1C(O)C(N)CC(=O)O. The fraction of sp³-hybridized carbons (Fsp3) is 0.364. The van der Waals surface area contributed by atoms with Crippen LogP contribution in [0.2, 0.25) is 0 Å². The molecule has 82 valence electrons. The van der Waals surface area contributed by atoms with Crippen molar-refractivity contribution in [3.63, 3.8) is 0 Å². The van der Waals surface area contributed by atoms with Crippen LogP contribution < -0.4 is 5.73 Å². The van der Waals surface area contributed by atoms with Crippen LogP contribution in [0.1, 0.15) is 23.7 Å². The number of aliphatic hydroxyl groups is 1. The van der Waals surface area contributed by atoms with Crippen LogP contribution in [0.5, 0.6) is 0 Å². The average Bonchev–Trinajstić information content (AvgIpc) is 2.16. The Balaban J connectivity index is 2.80. The molecule has 4 N–H and O–H groups in total. The normalized spacial score (nSPS) is 14.6. The molecule has 0 fully saturated rings. The standard InChI is InChI=1S/C11H15NO3/c1-7-4-2-3-5-8(7)11(15)9(12)6-10(13)14/h2-5,9,11,15H,6,12H2,1H3,(H,13,14). The molecule has 0 spiro atoms. The van der Waals surface area contributed by atoms with E-state index in [1.165, 1.54) is 0 Å². The first kappa shape index (κ1) is 11.7. The predicted molar refractivity (Wildman–Crippen MR) is 56.4 cm³/mol. The van der Waals surface area contributed by atoms with Gasteiger partial charge in [0.15, 0.2) is 0 Å². The number of nitrogens with two attached hydrogens (primary N) is 1. The molecule has 2 unspecified atom stereocenters. The van der Waals surface area contributed by atoms with Gasteiger partial charge >= 0.3 is 5.97 Å². The van der Waals surface area contributed by atoms with Crippen molar-refractivity contribution in [1.82, 2.24) is 0 Å². The highest BCUT2D eigenvalue weighted by atomic mass is 16.4. The largest absolute Gasteiger partial charge is 0.481 e. The molecule has 0 radical (unpaired) electrons. The van der Waals surface area contributed by atoms with E-state index in [0.29, 0.717) is 5.56 Å². The summed E-state index contributed by atoms with van der Waals surface area (Å²) >= 11 is 0. The van der Waals surface area contributed by atoms with Crippen molar-refractivity contribution < 1.29 is 15.0 Å². The van der Waals surface area contributed by atoms with Gasteiger partial charge in [-0.15, -0.1) is 0 Å². The second kappa shape index (κ2) is 4.91. The van der Waals surface area contributed by atoms with Crippen LogP contribution in [0, 0.1) is 6.92 Å². The van der Waals surface area contributed by atoms with Crippen LogP contribution in [0.25, 0.3) is 0 Å². The highest BCUT2D eigenvalue weighted by Crippen LogP contribution is 2.20. The van der Waals surface area contributed by atoms with Gasteiger partial charge < -0.3 is 15.9 Å². The number of hydrogen-bond donors (Lipinski definition) is 3. The molecule has 1 aromatic rings. The van der Waals surface area contributed by atoms with E-state index in [0.717, 1.165) is 5.56 Å². The number of hydrogen-bond acceptors (Lipinski definition) is 3. The van der Waals surface area contributed by atoms with Gasteiger partial charge in [0.2, 0.25) is 0 Å². The Hall–Kier alpha value is -1.39. The quantitative estimate of drug-likeness (QED) is 0.685. The number of benzene rings is 1. The molecule has 0 amide bonds. The topological polar surface area (TPSA) is 83.5 Å². The zero-order valence-electron chi connectivity index (χ0n) is 8.55. The van der Waals surface area contributed by atoms with Gasteiger partial charge in [0.25, 0.3) is 0 Å². The molecular weight excluding hydrogens is 194 g/mol. The Bertz CT molecular complexity index is 351. The molecule has 0 aliphatic heterocycles. The third-order valence-electron chi connectivity index (χ3n) is 2.32. The second-order valence-corrected chi connectivity index (χ2v) is 3.56. The molecule has 15 heavy (non-hydrogen) atoms. The smallest absolute Gasteiger partial charge is 0.305 e. The lowest BCUT2D eigenvalue weighted by Crippen LogP contribution is -2.31. The molecule has 0 aromatic heterocycles. The van der Waals surface area contributed by atoms with Crippen molar-refractivity contribution >= 4 is 5.97 Å². The van der Waals surface area contributed by atoms with E-state index < -0.39 is 18.1 Å². The van der Waals surface area contributed by atoms with Crippen LogP contribution in [0.3, 0.4) is 0 Å². The summed E-state index contributed by atoms with van der Waals surface area (Å²) in [6.07, 6.45) is -1.17. The molecule has 0 heterocycles. The third-order valence-corrected chi connectivity index (χ3v) is 2.32. The third kappa shape index (κ3) is 3.04. The molecule has 2 atom stereocenters. The van der Waals surface area contributed by atoms with Crippen LogP contribution >= 0.6 is 0 Å². The van der Waals surface area contributed by atoms with Gasteiger partial charge in [0.05, 0.1) is 12.5 Å². The first-order chi connectivity index (χ1) is 7.02. The molecule has 0 aliphatic rings. The maximum absolute atomic E-state index is 10.4. The molecule has 1 aromatic carbocycles. The molecule has 0 aliphatic carbocycles. The first-order valence-electron chi connectivity index (χ1n) is 4.73. The zero-order chi connectivity index (χ0) is 11.4. The van der Waals surface area contributed by atoms with Gasteiger partial charge in [-0.3, -0.25) is 4.79 Å². The van der Waals surface area contributed by atoms with Crippen LogP contribution in [0.4, 0.5) is 0 Å². The number of aryl methyl sites for hydroxylation is 1. The second-order valence-electron chi connectivity index (χ2n) is 3.56. The molecule has 0 saturated heterocycles. The summed E-state index contributed by atoms with van der Waals surface area (Å²) in [5.41, 5.74) is 7.18. The van der Waals surface area contributed by atoms with Crippen LogP contribution in [0.15, 0.2) is 24.3 Å². The van der Waals surface area contributed by atoms with E-state index in [1.807, 2.05) is 19.1 Å². The average molecular weight is 209 g/mol. The number of carboxylic acid groups (broad SMARTS) is 1. The van der Waals surface area contributed by atoms with E-state index in [1.54, 1.807) is 12.1 Å². The number of carboxylic acids is 1. The molecule has 4 nitrogen and oxygen atoms in total. The maximum Gasteiger partial charge on any atom is 0.305 e. The van der Waals surface area contributed by atoms with Gasteiger partial charge in [0, 0.05) is 6.04 Å². The maximum atomic E-state index is 10.4. The lowest BCUT2D eigenvalue weighted by atomic mass is 9.97. The number of aliphatic hydroxyl groups excluding tert-OH is 1. The van der Waals surface area contributed by atoms with Gasteiger partial charge in [-0.25, -0.2) is 0 Å². The number of aliphatic carboxylic acids is 1.